The van der Waals surface area contributed by atoms with Crippen LogP contribution in [0.5, 0.6) is 0 Å². The molecule has 1 unspecified atom stereocenters. The van der Waals surface area contributed by atoms with Crippen LogP contribution in [-0.4, -0.2) is 36.8 Å². The molecule has 1 atom stereocenters. The van der Waals surface area contributed by atoms with Crippen molar-refractivity contribution >= 4 is 28.7 Å². The van der Waals surface area contributed by atoms with Crippen LogP contribution in [0.3, 0.4) is 0 Å². The maximum Gasteiger partial charge on any atom is 0.224 e. The molecule has 2 heterocycles. The first-order valence-corrected chi connectivity index (χ1v) is 11.4. The lowest BCUT2D eigenvalue weighted by atomic mass is 9.93. The summed E-state index contributed by atoms with van der Waals surface area (Å²) in [4.78, 5) is 13.7. The average Bonchev–Trinajstić information content (AvgIpc) is 3.14. The van der Waals surface area contributed by atoms with Crippen LogP contribution >= 0.6 is 0 Å². The quantitative estimate of drug-likeness (QED) is 0.436. The molecule has 1 aliphatic rings. The highest BCUT2D eigenvalue weighted by Crippen LogP contribution is 2.35. The minimum absolute atomic E-state index is 0.00102. The molecule has 4 rings (SSSR count). The fourth-order valence-corrected chi connectivity index (χ4v) is 4.35. The van der Waals surface area contributed by atoms with Gasteiger partial charge >= 0.3 is 0 Å². The summed E-state index contributed by atoms with van der Waals surface area (Å²) in [6.07, 6.45) is 7.09. The van der Waals surface area contributed by atoms with Gasteiger partial charge in [-0.05, 0) is 50.7 Å². The monoisotopic (exact) mass is 444 g/mol. The zero-order chi connectivity index (χ0) is 22.7. The number of aliphatic hydroxyl groups is 1. The van der Waals surface area contributed by atoms with E-state index in [9.17, 15) is 13.9 Å². The number of halogens is 2. The topological polar surface area (TPSA) is 87.9 Å². The number of nitrogens with zero attached hydrogens (tertiary/aromatic N) is 4. The normalized spacial score (nSPS) is 19.8. The third-order valence-corrected chi connectivity index (χ3v) is 6.13. The van der Waals surface area contributed by atoms with E-state index in [-0.39, 0.29) is 23.9 Å². The summed E-state index contributed by atoms with van der Waals surface area (Å²) in [5.74, 6) is -0.557. The number of fused-ring (bicyclic) bond motifs is 1. The molecule has 1 aromatic carbocycles. The van der Waals surface area contributed by atoms with Gasteiger partial charge in [0.05, 0.1) is 12.3 Å². The number of imidazole rings is 1. The number of aromatic nitrogens is 4. The van der Waals surface area contributed by atoms with Crippen LogP contribution in [0, 0.1) is 11.6 Å². The number of hydrogen-bond donors (Lipinski definition) is 3. The van der Waals surface area contributed by atoms with E-state index in [1.165, 1.54) is 18.2 Å². The minimum atomic E-state index is -0.693. The van der Waals surface area contributed by atoms with Gasteiger partial charge in [0.2, 0.25) is 11.9 Å². The third-order valence-electron chi connectivity index (χ3n) is 6.13. The molecular formula is C23H30F2N6O. The number of para-hydroxylation sites is 1. The summed E-state index contributed by atoms with van der Waals surface area (Å²) in [6.45, 7) is 4.26. The van der Waals surface area contributed by atoms with Gasteiger partial charge in [0.15, 0.2) is 5.65 Å². The van der Waals surface area contributed by atoms with Gasteiger partial charge in [0.1, 0.15) is 22.8 Å². The Kier molecular flexibility index (Phi) is 6.83. The van der Waals surface area contributed by atoms with Crippen molar-refractivity contribution in [1.82, 2.24) is 19.5 Å². The van der Waals surface area contributed by atoms with Crippen molar-refractivity contribution in [1.29, 1.82) is 0 Å². The average molecular weight is 445 g/mol. The van der Waals surface area contributed by atoms with Crippen LogP contribution in [0.1, 0.15) is 64.8 Å². The van der Waals surface area contributed by atoms with Crippen LogP contribution in [0.2, 0.25) is 0 Å². The second-order valence-corrected chi connectivity index (χ2v) is 8.43. The molecule has 0 saturated heterocycles. The zero-order valence-electron chi connectivity index (χ0n) is 18.5. The van der Waals surface area contributed by atoms with E-state index in [1.807, 2.05) is 4.57 Å². The van der Waals surface area contributed by atoms with Gasteiger partial charge in [-0.25, -0.2) is 18.7 Å². The lowest BCUT2D eigenvalue weighted by Gasteiger charge is -2.28. The Morgan fingerprint density at radius 2 is 1.84 bits per heavy atom. The minimum Gasteiger partial charge on any atom is -0.393 e. The van der Waals surface area contributed by atoms with Crippen LogP contribution in [-0.2, 0) is 0 Å². The summed E-state index contributed by atoms with van der Waals surface area (Å²) in [5.41, 5.74) is 0.902. The van der Waals surface area contributed by atoms with Crippen molar-refractivity contribution in [3.63, 3.8) is 0 Å². The van der Waals surface area contributed by atoms with Gasteiger partial charge in [0, 0.05) is 12.1 Å². The van der Waals surface area contributed by atoms with Gasteiger partial charge in [-0.1, -0.05) is 26.3 Å². The van der Waals surface area contributed by atoms with Gasteiger partial charge in [-0.3, -0.25) is 4.57 Å². The van der Waals surface area contributed by atoms with Crippen LogP contribution in [0.4, 0.5) is 26.4 Å². The van der Waals surface area contributed by atoms with Crippen molar-refractivity contribution in [2.24, 2.45) is 0 Å². The predicted molar refractivity (Wildman–Crippen MR) is 121 cm³/mol. The Labute approximate surface area is 186 Å². The number of rotatable bonds is 8. The maximum absolute atomic E-state index is 14.3. The SMILES string of the molecule is CCCC(CC)Nc1ncc2nc(Nc3c(F)cccc3F)n([C@H]3CC[C@@H](O)CC3)c2n1. The Bertz CT molecular complexity index is 1040. The van der Waals surface area contributed by atoms with E-state index >= 15 is 0 Å². The molecule has 32 heavy (non-hydrogen) atoms. The molecule has 3 aromatic rings. The predicted octanol–water partition coefficient (Wildman–Crippen LogP) is 5.31. The molecule has 0 aliphatic heterocycles. The first kappa shape index (κ1) is 22.4. The summed E-state index contributed by atoms with van der Waals surface area (Å²) < 4.78 is 30.6. The van der Waals surface area contributed by atoms with Crippen LogP contribution < -0.4 is 10.6 Å². The summed E-state index contributed by atoms with van der Waals surface area (Å²) >= 11 is 0. The van der Waals surface area contributed by atoms with Crippen molar-refractivity contribution < 1.29 is 13.9 Å². The highest BCUT2D eigenvalue weighted by atomic mass is 19.1. The van der Waals surface area contributed by atoms with Crippen molar-refractivity contribution in [3.05, 3.63) is 36.0 Å². The lowest BCUT2D eigenvalue weighted by molar-refractivity contribution is 0.112. The van der Waals surface area contributed by atoms with E-state index < -0.39 is 11.6 Å². The fourth-order valence-electron chi connectivity index (χ4n) is 4.35. The summed E-state index contributed by atoms with van der Waals surface area (Å²) in [5, 5.41) is 16.2. The smallest absolute Gasteiger partial charge is 0.224 e. The van der Waals surface area contributed by atoms with Crippen LogP contribution in [0.25, 0.3) is 11.2 Å². The van der Waals surface area contributed by atoms with E-state index in [4.69, 9.17) is 4.98 Å². The molecule has 0 spiro atoms. The molecule has 172 valence electrons. The first-order valence-electron chi connectivity index (χ1n) is 11.4. The van der Waals surface area contributed by atoms with Gasteiger partial charge in [0.25, 0.3) is 0 Å². The first-order chi connectivity index (χ1) is 15.5. The second kappa shape index (κ2) is 9.77. The van der Waals surface area contributed by atoms with Gasteiger partial charge in [-0.15, -0.1) is 0 Å². The highest BCUT2D eigenvalue weighted by Gasteiger charge is 2.27. The number of aliphatic hydroxyl groups excluding tert-OH is 1. The summed E-state index contributed by atoms with van der Waals surface area (Å²) in [7, 11) is 0. The van der Waals surface area contributed by atoms with E-state index in [0.29, 0.717) is 35.9 Å². The van der Waals surface area contributed by atoms with E-state index in [1.54, 1.807) is 6.20 Å². The molecule has 3 N–H and O–H groups in total. The third kappa shape index (κ3) is 4.67. The number of hydrogen-bond acceptors (Lipinski definition) is 6. The van der Waals surface area contributed by atoms with Crippen molar-refractivity contribution in [2.45, 2.75) is 77.0 Å². The second-order valence-electron chi connectivity index (χ2n) is 8.43. The highest BCUT2D eigenvalue weighted by molar-refractivity contribution is 5.76. The Morgan fingerprint density at radius 1 is 1.12 bits per heavy atom. The zero-order valence-corrected chi connectivity index (χ0v) is 18.5. The summed E-state index contributed by atoms with van der Waals surface area (Å²) in [6, 6.07) is 4.00. The number of nitrogens with one attached hydrogen (secondary N) is 2. The largest absolute Gasteiger partial charge is 0.393 e. The molecule has 9 heteroatoms. The standard InChI is InChI=1S/C23H30F2N6O/c1-3-6-14(4-2)27-22-26-13-19-21(30-22)31(15-9-11-16(32)12-10-15)23(28-19)29-20-17(24)7-5-8-18(20)25/h5,7-8,13-16,32H,3-4,6,9-12H2,1-2H3,(H,28,29)(H,26,27,30)/t14?,15-,16+. The Balaban J connectivity index is 1.75. The van der Waals surface area contributed by atoms with E-state index in [2.05, 4.69) is 34.4 Å². The van der Waals surface area contributed by atoms with Gasteiger partial charge in [-0.2, -0.15) is 4.98 Å². The molecule has 7 nitrogen and oxygen atoms in total. The molecule has 0 radical (unpaired) electrons. The number of benzene rings is 1. The molecule has 0 amide bonds. The molecule has 1 aliphatic carbocycles. The molecule has 0 bridgehead atoms. The maximum atomic E-state index is 14.3. The van der Waals surface area contributed by atoms with Crippen molar-refractivity contribution in [2.75, 3.05) is 10.6 Å². The molecule has 1 fully saturated rings. The Hall–Kier alpha value is -2.81. The van der Waals surface area contributed by atoms with E-state index in [0.717, 1.165) is 32.1 Å². The lowest BCUT2D eigenvalue weighted by Crippen LogP contribution is -2.23. The van der Waals surface area contributed by atoms with Gasteiger partial charge < -0.3 is 15.7 Å². The molecular weight excluding hydrogens is 414 g/mol. The molecule has 2 aromatic heterocycles. The van der Waals surface area contributed by atoms with Crippen molar-refractivity contribution in [3.8, 4) is 0 Å². The Morgan fingerprint density at radius 3 is 2.50 bits per heavy atom. The van der Waals surface area contributed by atoms with Crippen LogP contribution in [0.15, 0.2) is 24.4 Å². The molecule has 1 saturated carbocycles. The number of anilines is 3. The fraction of sp³-hybridized carbons (Fsp3) is 0.522.